The standard InChI is InChI=1S/C27H27B2FN4O11/c1-13(32-25(38)14-2-3-15-11-43-28(41)18(15)8-14)24(27(40)31-7-6-23(37)45-34-21(35)4-5-22(34)36)33-26(39)16-9-19-17(20(30)10-16)12-44-29(19)42/h2-3,8-10,13,24,41-42H,4-7,11-12H2,1H3,(H,31,40)(H,32,38)(H,33,39)/t13-,24-/m0/s1. The van der Waals surface area contributed by atoms with Crippen LogP contribution in [-0.2, 0) is 46.5 Å². The molecule has 18 heteroatoms. The van der Waals surface area contributed by atoms with Crippen LogP contribution in [-0.4, -0.2) is 83.5 Å². The van der Waals surface area contributed by atoms with E-state index in [1.807, 2.05) is 0 Å². The molecule has 0 aliphatic carbocycles. The molecule has 0 bridgehead atoms. The van der Waals surface area contributed by atoms with Crippen molar-refractivity contribution in [3.63, 3.8) is 0 Å². The van der Waals surface area contributed by atoms with Crippen LogP contribution in [0.1, 0.15) is 58.0 Å². The van der Waals surface area contributed by atoms with Gasteiger partial charge in [0.1, 0.15) is 11.9 Å². The van der Waals surface area contributed by atoms with Gasteiger partial charge in [-0.2, -0.15) is 0 Å². The van der Waals surface area contributed by atoms with Gasteiger partial charge in [0.25, 0.3) is 23.6 Å². The fraction of sp³-hybridized carbons (Fsp3) is 0.333. The van der Waals surface area contributed by atoms with Crippen molar-refractivity contribution >= 4 is 60.7 Å². The summed E-state index contributed by atoms with van der Waals surface area (Å²) < 4.78 is 24.8. The Bertz CT molecular complexity index is 1580. The molecular weight excluding hydrogens is 597 g/mol. The van der Waals surface area contributed by atoms with Gasteiger partial charge >= 0.3 is 20.2 Å². The van der Waals surface area contributed by atoms with Crippen LogP contribution in [0.25, 0.3) is 0 Å². The van der Waals surface area contributed by atoms with Gasteiger partial charge in [0.15, 0.2) is 0 Å². The third-order valence-electron chi connectivity index (χ3n) is 7.47. The summed E-state index contributed by atoms with van der Waals surface area (Å²) in [6.45, 7) is 1.08. The maximum atomic E-state index is 14.6. The lowest BCUT2D eigenvalue weighted by Crippen LogP contribution is -2.57. The number of halogens is 1. The molecule has 0 spiro atoms. The van der Waals surface area contributed by atoms with Crippen LogP contribution in [0.2, 0.25) is 0 Å². The van der Waals surface area contributed by atoms with Crippen molar-refractivity contribution in [3.05, 3.63) is 58.4 Å². The Hall–Kier alpha value is -4.64. The van der Waals surface area contributed by atoms with Crippen LogP contribution in [0.4, 0.5) is 4.39 Å². The van der Waals surface area contributed by atoms with Gasteiger partial charge in [-0.05, 0) is 47.7 Å². The van der Waals surface area contributed by atoms with Crippen LogP contribution in [0, 0.1) is 5.82 Å². The molecule has 5 N–H and O–H groups in total. The highest BCUT2D eigenvalue weighted by Gasteiger charge is 2.35. The van der Waals surface area contributed by atoms with E-state index in [1.54, 1.807) is 6.07 Å². The zero-order valence-electron chi connectivity index (χ0n) is 23.8. The first-order valence-corrected chi connectivity index (χ1v) is 13.9. The van der Waals surface area contributed by atoms with Crippen molar-refractivity contribution in [3.8, 4) is 0 Å². The third-order valence-corrected chi connectivity index (χ3v) is 7.47. The summed E-state index contributed by atoms with van der Waals surface area (Å²) in [5.41, 5.74) is 1.15. The summed E-state index contributed by atoms with van der Waals surface area (Å²) in [7, 11) is -2.64. The van der Waals surface area contributed by atoms with E-state index in [4.69, 9.17) is 14.1 Å². The average molecular weight is 624 g/mol. The van der Waals surface area contributed by atoms with Crippen molar-refractivity contribution in [2.75, 3.05) is 6.54 Å². The number of carbonyl (C=O) groups excluding carboxylic acids is 6. The van der Waals surface area contributed by atoms with Crippen LogP contribution >= 0.6 is 0 Å². The molecule has 2 aromatic carbocycles. The quantitative estimate of drug-likeness (QED) is 0.136. The van der Waals surface area contributed by atoms with Crippen molar-refractivity contribution in [1.82, 2.24) is 21.0 Å². The third kappa shape index (κ3) is 6.88. The van der Waals surface area contributed by atoms with Gasteiger partial charge in [-0.15, -0.1) is 5.06 Å². The molecule has 5 rings (SSSR count). The SMILES string of the molecule is C[C@H](NC(=O)c1ccc2c(c1)B(O)OC2)[C@H](NC(=O)c1cc(F)c2c(c1)B(O)OC2)C(=O)NCCC(=O)ON1C(=O)CCC1=O. The summed E-state index contributed by atoms with van der Waals surface area (Å²) in [6, 6.07) is 4.13. The van der Waals surface area contributed by atoms with Gasteiger partial charge < -0.3 is 40.1 Å². The Morgan fingerprint density at radius 2 is 1.60 bits per heavy atom. The number of hydroxylamine groups is 2. The summed E-state index contributed by atoms with van der Waals surface area (Å²) in [5, 5.41) is 27.8. The van der Waals surface area contributed by atoms with E-state index < -0.39 is 74.1 Å². The second-order valence-corrected chi connectivity index (χ2v) is 10.6. The normalized spacial score (nSPS) is 16.7. The minimum atomic E-state index is -1.47. The Morgan fingerprint density at radius 3 is 2.33 bits per heavy atom. The van der Waals surface area contributed by atoms with E-state index in [1.165, 1.54) is 25.1 Å². The van der Waals surface area contributed by atoms with E-state index >= 15 is 0 Å². The number of imide groups is 1. The van der Waals surface area contributed by atoms with Crippen LogP contribution in [0.5, 0.6) is 0 Å². The van der Waals surface area contributed by atoms with Gasteiger partial charge in [0, 0.05) is 36.1 Å². The van der Waals surface area contributed by atoms with Crippen molar-refractivity contribution in [2.24, 2.45) is 0 Å². The molecule has 2 aromatic rings. The van der Waals surface area contributed by atoms with Crippen molar-refractivity contribution < 1.29 is 57.4 Å². The number of fused-ring (bicyclic) bond motifs is 2. The molecule has 234 valence electrons. The first-order valence-electron chi connectivity index (χ1n) is 13.9. The number of benzene rings is 2. The second kappa shape index (κ2) is 13.2. The summed E-state index contributed by atoms with van der Waals surface area (Å²) in [6.07, 6.45) is -0.626. The zero-order valence-corrected chi connectivity index (χ0v) is 23.8. The molecule has 0 radical (unpaired) electrons. The Labute approximate surface area is 255 Å². The molecule has 3 heterocycles. The average Bonchev–Trinajstić information content (AvgIpc) is 3.68. The lowest BCUT2D eigenvalue weighted by Gasteiger charge is -2.25. The van der Waals surface area contributed by atoms with Crippen LogP contribution in [0.3, 0.4) is 0 Å². The molecule has 1 fully saturated rings. The molecular formula is C27H27B2FN4O11. The number of hydrogen-bond donors (Lipinski definition) is 5. The van der Waals surface area contributed by atoms with Gasteiger partial charge in [-0.1, -0.05) is 6.07 Å². The van der Waals surface area contributed by atoms with E-state index in [9.17, 15) is 43.2 Å². The monoisotopic (exact) mass is 624 g/mol. The zero-order chi connectivity index (χ0) is 32.4. The molecule has 15 nitrogen and oxygen atoms in total. The maximum Gasteiger partial charge on any atom is 0.491 e. The van der Waals surface area contributed by atoms with E-state index in [0.717, 1.165) is 6.07 Å². The number of nitrogens with one attached hydrogen (secondary N) is 3. The predicted octanol–water partition coefficient (Wildman–Crippen LogP) is -2.71. The van der Waals surface area contributed by atoms with E-state index in [2.05, 4.69) is 16.0 Å². The first-order chi connectivity index (χ1) is 21.4. The highest BCUT2D eigenvalue weighted by atomic mass is 19.1. The number of amides is 5. The summed E-state index contributed by atoms with van der Waals surface area (Å²) in [5.74, 6) is -5.52. The minimum absolute atomic E-state index is 0.0544. The highest BCUT2D eigenvalue weighted by molar-refractivity contribution is 6.62. The van der Waals surface area contributed by atoms with Crippen LogP contribution < -0.4 is 26.9 Å². The predicted molar refractivity (Wildman–Crippen MR) is 151 cm³/mol. The van der Waals surface area contributed by atoms with E-state index in [0.29, 0.717) is 16.1 Å². The maximum absolute atomic E-state index is 14.6. The van der Waals surface area contributed by atoms with E-state index in [-0.39, 0.29) is 54.8 Å². The fourth-order valence-electron chi connectivity index (χ4n) is 4.99. The molecule has 1 saturated heterocycles. The number of rotatable bonds is 10. The Morgan fingerprint density at radius 1 is 0.956 bits per heavy atom. The second-order valence-electron chi connectivity index (χ2n) is 10.6. The van der Waals surface area contributed by atoms with Crippen molar-refractivity contribution in [2.45, 2.75) is 51.5 Å². The molecule has 45 heavy (non-hydrogen) atoms. The topological polar surface area (TPSA) is 210 Å². The molecule has 3 aliphatic rings. The Kier molecular flexibility index (Phi) is 9.29. The molecule has 3 aliphatic heterocycles. The largest absolute Gasteiger partial charge is 0.491 e. The molecule has 0 unspecified atom stereocenters. The first kappa shape index (κ1) is 31.8. The van der Waals surface area contributed by atoms with Crippen LogP contribution in [0.15, 0.2) is 30.3 Å². The number of nitrogens with zero attached hydrogens (tertiary/aromatic N) is 1. The molecule has 0 saturated carbocycles. The molecule has 2 atom stereocenters. The fourth-order valence-corrected chi connectivity index (χ4v) is 4.99. The number of hydrogen-bond acceptors (Lipinski definition) is 11. The summed E-state index contributed by atoms with van der Waals surface area (Å²) >= 11 is 0. The number of carbonyl (C=O) groups is 6. The Balaban J connectivity index is 1.28. The lowest BCUT2D eigenvalue weighted by atomic mass is 9.78. The minimum Gasteiger partial charge on any atom is -0.423 e. The molecule has 5 amide bonds. The van der Waals surface area contributed by atoms with Gasteiger partial charge in [0.05, 0.1) is 25.7 Å². The highest BCUT2D eigenvalue weighted by Crippen LogP contribution is 2.17. The lowest BCUT2D eigenvalue weighted by molar-refractivity contribution is -0.197. The van der Waals surface area contributed by atoms with Crippen molar-refractivity contribution in [1.29, 1.82) is 0 Å². The van der Waals surface area contributed by atoms with Gasteiger partial charge in [0.2, 0.25) is 5.91 Å². The smallest absolute Gasteiger partial charge is 0.423 e. The summed E-state index contributed by atoms with van der Waals surface area (Å²) in [4.78, 5) is 79.8. The van der Waals surface area contributed by atoms with Gasteiger partial charge in [-0.3, -0.25) is 24.0 Å². The van der Waals surface area contributed by atoms with Gasteiger partial charge in [-0.25, -0.2) is 9.18 Å². The molecule has 0 aromatic heterocycles.